The van der Waals surface area contributed by atoms with Crippen molar-refractivity contribution in [3.63, 3.8) is 0 Å². The number of fused-ring (bicyclic) bond motifs is 14. The van der Waals surface area contributed by atoms with E-state index in [0.29, 0.717) is 0 Å². The predicted molar refractivity (Wildman–Crippen MR) is 288 cm³/mol. The van der Waals surface area contributed by atoms with Gasteiger partial charge in [-0.25, -0.2) is 9.97 Å². The van der Waals surface area contributed by atoms with Gasteiger partial charge in [0.1, 0.15) is 5.82 Å². The van der Waals surface area contributed by atoms with E-state index >= 15 is 0 Å². The average molecular weight is 901 g/mol. The maximum absolute atomic E-state index is 5.03. The molecule has 3 aliphatic rings. The first-order valence-electron chi connectivity index (χ1n) is 24.5. The molecule has 13 rings (SSSR count). The molecule has 2 spiro atoms. The highest BCUT2D eigenvalue weighted by Gasteiger charge is 2.59. The van der Waals surface area contributed by atoms with Crippen molar-refractivity contribution in [2.45, 2.75) is 52.4 Å². The Balaban J connectivity index is 1.08. The van der Waals surface area contributed by atoms with Gasteiger partial charge in [0.25, 0.3) is 0 Å². The average Bonchev–Trinajstić information content (AvgIpc) is 3.39. The van der Waals surface area contributed by atoms with Gasteiger partial charge in [0, 0.05) is 28.1 Å². The first-order chi connectivity index (χ1) is 34.2. The van der Waals surface area contributed by atoms with Gasteiger partial charge in [-0.2, -0.15) is 0 Å². The van der Waals surface area contributed by atoms with Gasteiger partial charge >= 0.3 is 0 Å². The van der Waals surface area contributed by atoms with Crippen LogP contribution in [0.4, 0.5) is 34.1 Å². The third-order valence-corrected chi connectivity index (χ3v) is 15.4. The van der Waals surface area contributed by atoms with Crippen LogP contribution in [0.5, 0.6) is 0 Å². The molecule has 70 heavy (non-hydrogen) atoms. The molecule has 10 aromatic rings. The molecule has 9 aromatic carbocycles. The third kappa shape index (κ3) is 5.83. The highest BCUT2D eigenvalue weighted by molar-refractivity contribution is 5.96. The smallest absolute Gasteiger partial charge is 0.126 e. The zero-order valence-corrected chi connectivity index (χ0v) is 40.4. The minimum atomic E-state index is -0.675. The van der Waals surface area contributed by atoms with Gasteiger partial charge in [-0.1, -0.05) is 180 Å². The Labute approximate surface area is 411 Å². The number of aryl methyl sites for hydroxylation is 5. The van der Waals surface area contributed by atoms with Gasteiger partial charge < -0.3 is 9.80 Å². The van der Waals surface area contributed by atoms with Gasteiger partial charge in [0.2, 0.25) is 0 Å². The molecule has 2 aliphatic heterocycles. The lowest BCUT2D eigenvalue weighted by molar-refractivity contribution is 0.606. The lowest BCUT2D eigenvalue weighted by Crippen LogP contribution is -2.49. The molecule has 1 aliphatic carbocycles. The van der Waals surface area contributed by atoms with Gasteiger partial charge in [-0.15, -0.1) is 0 Å². The van der Waals surface area contributed by atoms with Crippen LogP contribution in [-0.2, 0) is 10.8 Å². The molecule has 0 saturated carbocycles. The van der Waals surface area contributed by atoms with Crippen LogP contribution in [0.2, 0.25) is 0 Å². The van der Waals surface area contributed by atoms with Crippen molar-refractivity contribution >= 4 is 34.1 Å². The van der Waals surface area contributed by atoms with Crippen LogP contribution in [0.15, 0.2) is 206 Å². The minimum Gasteiger partial charge on any atom is -0.310 e. The highest BCUT2D eigenvalue weighted by atomic mass is 15.2. The number of benzene rings is 9. The van der Waals surface area contributed by atoms with E-state index in [2.05, 4.69) is 245 Å². The summed E-state index contributed by atoms with van der Waals surface area (Å²) in [5.41, 5.74) is 26.1. The second kappa shape index (κ2) is 15.6. The molecule has 0 N–H and O–H groups in total. The summed E-state index contributed by atoms with van der Waals surface area (Å²) in [6.45, 7) is 13.1. The summed E-state index contributed by atoms with van der Waals surface area (Å²) >= 11 is 0. The van der Waals surface area contributed by atoms with Gasteiger partial charge in [0.15, 0.2) is 0 Å². The van der Waals surface area contributed by atoms with E-state index in [1.165, 1.54) is 89.5 Å². The monoisotopic (exact) mass is 900 g/mol. The topological polar surface area (TPSA) is 32.3 Å². The fourth-order valence-electron chi connectivity index (χ4n) is 12.5. The Kier molecular flexibility index (Phi) is 9.32. The van der Waals surface area contributed by atoms with Crippen LogP contribution < -0.4 is 9.80 Å². The third-order valence-electron chi connectivity index (χ3n) is 15.4. The molecule has 0 unspecified atom stereocenters. The molecule has 0 fully saturated rings. The Morgan fingerprint density at radius 1 is 0.300 bits per heavy atom. The summed E-state index contributed by atoms with van der Waals surface area (Å²) in [6.07, 6.45) is 0. The molecular formula is C66H52N4. The van der Waals surface area contributed by atoms with Gasteiger partial charge in [-0.3, -0.25) is 0 Å². The lowest BCUT2D eigenvalue weighted by atomic mass is 9.48. The molecule has 0 atom stereocenters. The molecule has 4 heteroatoms. The second-order valence-electron chi connectivity index (χ2n) is 19.7. The van der Waals surface area contributed by atoms with Crippen molar-refractivity contribution in [2.75, 3.05) is 9.80 Å². The molecule has 3 heterocycles. The van der Waals surface area contributed by atoms with Gasteiger partial charge in [-0.05, 0) is 135 Å². The van der Waals surface area contributed by atoms with E-state index in [4.69, 9.17) is 9.97 Å². The standard InChI is InChI=1S/C66H52N4/c1-41-25-33-59-55(37-41)65(56-38-42(2)26-34-60(56)69(59)49-19-11-8-12-20-49)51-21-13-15-23-53(51)66(54-24-16-14-22-52(54)65)57-39-43(3)27-35-61(57)70(62-36-28-44(4)40-58(62)66)50-31-29-48(30-32-50)64-45(5)63(67-46(6)68-64)47-17-9-7-10-18-47/h7-40H,1-6H3. The molecule has 336 valence electrons. The van der Waals surface area contributed by atoms with E-state index in [9.17, 15) is 0 Å². The number of rotatable bonds is 4. The molecule has 4 nitrogen and oxygen atoms in total. The maximum atomic E-state index is 5.03. The molecule has 0 bridgehead atoms. The van der Waals surface area contributed by atoms with E-state index in [0.717, 1.165) is 45.3 Å². The summed E-state index contributed by atoms with van der Waals surface area (Å²) in [5.74, 6) is 0.757. The van der Waals surface area contributed by atoms with Crippen LogP contribution in [0.1, 0.15) is 78.1 Å². The molecule has 0 amide bonds. The van der Waals surface area contributed by atoms with Crippen molar-refractivity contribution in [3.05, 3.63) is 284 Å². The van der Waals surface area contributed by atoms with Crippen LogP contribution in [0.25, 0.3) is 22.5 Å². The molecular weight excluding hydrogens is 849 g/mol. The first-order valence-corrected chi connectivity index (χ1v) is 24.5. The quantitative estimate of drug-likeness (QED) is 0.176. The number of hydrogen-bond acceptors (Lipinski definition) is 4. The SMILES string of the molecule is Cc1ccc2c(c1)C1(c3cc(C)ccc3N2c2ccccc2)c2ccccc2C2(c3cc(C)ccc3N(c3ccc(-c4nc(C)nc(-c5ccccc5)c4C)cc3)c3ccc(C)cc32)c2ccccc21. The van der Waals surface area contributed by atoms with Crippen molar-refractivity contribution in [3.8, 4) is 22.5 Å². The van der Waals surface area contributed by atoms with Crippen molar-refractivity contribution in [2.24, 2.45) is 0 Å². The number of nitrogens with zero attached hydrogens (tertiary/aromatic N) is 4. The minimum absolute atomic E-state index is 0.648. The van der Waals surface area contributed by atoms with E-state index < -0.39 is 10.8 Å². The number of anilines is 6. The summed E-state index contributed by atoms with van der Waals surface area (Å²) in [7, 11) is 0. The van der Waals surface area contributed by atoms with Crippen LogP contribution in [0, 0.1) is 41.5 Å². The highest BCUT2D eigenvalue weighted by Crippen LogP contribution is 2.68. The summed E-state index contributed by atoms with van der Waals surface area (Å²) in [5, 5.41) is 0. The number of para-hydroxylation sites is 1. The summed E-state index contributed by atoms with van der Waals surface area (Å²) in [6, 6.07) is 77.6. The van der Waals surface area contributed by atoms with Crippen molar-refractivity contribution < 1.29 is 0 Å². The Morgan fingerprint density at radius 3 is 0.986 bits per heavy atom. The van der Waals surface area contributed by atoms with Crippen molar-refractivity contribution in [1.82, 2.24) is 9.97 Å². The van der Waals surface area contributed by atoms with E-state index in [1.807, 2.05) is 13.0 Å². The van der Waals surface area contributed by atoms with Crippen molar-refractivity contribution in [1.29, 1.82) is 0 Å². The molecule has 0 radical (unpaired) electrons. The van der Waals surface area contributed by atoms with Gasteiger partial charge in [0.05, 0.1) is 45.0 Å². The predicted octanol–water partition coefficient (Wildman–Crippen LogP) is 16.3. The van der Waals surface area contributed by atoms with Crippen LogP contribution in [0.3, 0.4) is 0 Å². The van der Waals surface area contributed by atoms with Crippen LogP contribution >= 0.6 is 0 Å². The van der Waals surface area contributed by atoms with Crippen LogP contribution in [-0.4, -0.2) is 9.97 Å². The fourth-order valence-corrected chi connectivity index (χ4v) is 12.5. The zero-order chi connectivity index (χ0) is 47.5. The summed E-state index contributed by atoms with van der Waals surface area (Å²) < 4.78 is 0. The largest absolute Gasteiger partial charge is 0.310 e. The zero-order valence-electron chi connectivity index (χ0n) is 40.4. The van der Waals surface area contributed by atoms with E-state index in [-0.39, 0.29) is 0 Å². The normalized spacial score (nSPS) is 14.3. The maximum Gasteiger partial charge on any atom is 0.126 e. The van der Waals surface area contributed by atoms with E-state index in [1.54, 1.807) is 0 Å². The molecule has 0 saturated heterocycles. The fraction of sp³-hybridized carbons (Fsp3) is 0.121. The number of aromatic nitrogens is 2. The second-order valence-corrected chi connectivity index (χ2v) is 19.7. The molecule has 1 aromatic heterocycles. The number of hydrogen-bond donors (Lipinski definition) is 0. The lowest BCUT2D eigenvalue weighted by Gasteiger charge is -2.56. The first kappa shape index (κ1) is 41.8. The Bertz CT molecular complexity index is 3580. The Hall–Kier alpha value is -8.34. The Morgan fingerprint density at radius 2 is 0.614 bits per heavy atom. The summed E-state index contributed by atoms with van der Waals surface area (Å²) in [4.78, 5) is 14.9.